The maximum absolute atomic E-state index is 10.9. The van der Waals surface area contributed by atoms with Crippen LogP contribution >= 0.6 is 11.3 Å². The Morgan fingerprint density at radius 1 is 1.26 bits per heavy atom. The number of aromatic hydroxyl groups is 1. The second kappa shape index (κ2) is 4.48. The Hall–Kier alpha value is -2.20. The Bertz CT molecular complexity index is 744. The standard InChI is InChI=1S/C15H11NO2S/c1-9-6-10(8-17)7-11(14(9)18)15-16-12-4-2-3-5-13(12)19-15/h2-8,18H,1H3. The van der Waals surface area contributed by atoms with Crippen LogP contribution in [-0.4, -0.2) is 16.4 Å². The number of hydrogen-bond acceptors (Lipinski definition) is 4. The van der Waals surface area contributed by atoms with Crippen molar-refractivity contribution >= 4 is 27.8 Å². The highest BCUT2D eigenvalue weighted by atomic mass is 32.1. The molecule has 0 saturated carbocycles. The predicted octanol–water partition coefficient (Wildman–Crippen LogP) is 3.79. The van der Waals surface area contributed by atoms with Crippen molar-refractivity contribution < 1.29 is 9.90 Å². The van der Waals surface area contributed by atoms with E-state index in [4.69, 9.17) is 0 Å². The average Bonchev–Trinajstić information content (AvgIpc) is 2.85. The number of phenols is 1. The number of aromatic nitrogens is 1. The number of fused-ring (bicyclic) bond motifs is 1. The molecule has 0 aliphatic carbocycles. The quantitative estimate of drug-likeness (QED) is 0.720. The van der Waals surface area contributed by atoms with Gasteiger partial charge in [0.05, 0.1) is 15.8 Å². The molecular weight excluding hydrogens is 258 g/mol. The van der Waals surface area contributed by atoms with Crippen LogP contribution in [0.3, 0.4) is 0 Å². The number of phenolic OH excluding ortho intramolecular Hbond substituents is 1. The van der Waals surface area contributed by atoms with Gasteiger partial charge in [0.2, 0.25) is 0 Å². The Kier molecular flexibility index (Phi) is 2.80. The van der Waals surface area contributed by atoms with Crippen molar-refractivity contribution in [1.29, 1.82) is 0 Å². The second-order valence-corrected chi connectivity index (χ2v) is 5.37. The maximum Gasteiger partial charge on any atom is 0.150 e. The van der Waals surface area contributed by atoms with Crippen molar-refractivity contribution in [3.8, 4) is 16.3 Å². The number of aryl methyl sites for hydroxylation is 1. The third-order valence-electron chi connectivity index (χ3n) is 2.98. The molecule has 2 aromatic carbocycles. The summed E-state index contributed by atoms with van der Waals surface area (Å²) in [6, 6.07) is 11.1. The van der Waals surface area contributed by atoms with Crippen LogP contribution in [0.1, 0.15) is 15.9 Å². The van der Waals surface area contributed by atoms with Gasteiger partial charge >= 0.3 is 0 Å². The molecule has 1 N–H and O–H groups in total. The van der Waals surface area contributed by atoms with Gasteiger partial charge in [-0.15, -0.1) is 11.3 Å². The normalized spacial score (nSPS) is 10.8. The molecule has 0 unspecified atom stereocenters. The first-order valence-corrected chi connectivity index (χ1v) is 6.65. The fraction of sp³-hybridized carbons (Fsp3) is 0.0667. The Balaban J connectivity index is 2.25. The van der Waals surface area contributed by atoms with Crippen molar-refractivity contribution in [2.45, 2.75) is 6.92 Å². The van der Waals surface area contributed by atoms with Gasteiger partial charge < -0.3 is 5.11 Å². The summed E-state index contributed by atoms with van der Waals surface area (Å²) in [5.74, 6) is 0.185. The molecule has 94 valence electrons. The minimum Gasteiger partial charge on any atom is -0.507 e. The summed E-state index contributed by atoms with van der Waals surface area (Å²) < 4.78 is 1.06. The minimum atomic E-state index is 0.185. The SMILES string of the molecule is Cc1cc(C=O)cc(-c2nc3ccccc3s2)c1O. The van der Waals surface area contributed by atoms with Crippen LogP contribution in [0.15, 0.2) is 36.4 Å². The smallest absolute Gasteiger partial charge is 0.150 e. The van der Waals surface area contributed by atoms with E-state index in [1.807, 2.05) is 24.3 Å². The third kappa shape index (κ3) is 2.00. The summed E-state index contributed by atoms with van der Waals surface area (Å²) >= 11 is 1.51. The lowest BCUT2D eigenvalue weighted by atomic mass is 10.1. The van der Waals surface area contributed by atoms with Gasteiger partial charge in [0.1, 0.15) is 17.0 Å². The van der Waals surface area contributed by atoms with Gasteiger partial charge in [-0.05, 0) is 36.8 Å². The fourth-order valence-electron chi connectivity index (χ4n) is 2.03. The molecule has 0 spiro atoms. The molecule has 3 rings (SSSR count). The first-order valence-electron chi connectivity index (χ1n) is 5.84. The molecule has 3 nitrogen and oxygen atoms in total. The molecule has 1 heterocycles. The average molecular weight is 269 g/mol. The minimum absolute atomic E-state index is 0.185. The number of hydrogen-bond donors (Lipinski definition) is 1. The lowest BCUT2D eigenvalue weighted by Gasteiger charge is -2.05. The van der Waals surface area contributed by atoms with Gasteiger partial charge in [-0.25, -0.2) is 4.98 Å². The topological polar surface area (TPSA) is 50.2 Å². The van der Waals surface area contributed by atoms with E-state index < -0.39 is 0 Å². The number of para-hydroxylation sites is 1. The molecule has 0 radical (unpaired) electrons. The molecule has 0 saturated heterocycles. The third-order valence-corrected chi connectivity index (χ3v) is 4.05. The summed E-state index contributed by atoms with van der Waals surface area (Å²) in [5.41, 5.74) is 2.74. The maximum atomic E-state index is 10.9. The van der Waals surface area contributed by atoms with E-state index in [0.29, 0.717) is 16.7 Å². The first-order chi connectivity index (χ1) is 9.19. The van der Waals surface area contributed by atoms with Crippen LogP contribution in [0.25, 0.3) is 20.8 Å². The number of thiazole rings is 1. The highest BCUT2D eigenvalue weighted by Gasteiger charge is 2.13. The fourth-order valence-corrected chi connectivity index (χ4v) is 3.01. The summed E-state index contributed by atoms with van der Waals surface area (Å²) in [6.45, 7) is 1.78. The van der Waals surface area contributed by atoms with Crippen molar-refractivity contribution in [1.82, 2.24) is 4.98 Å². The lowest BCUT2D eigenvalue weighted by molar-refractivity contribution is 0.112. The molecule has 19 heavy (non-hydrogen) atoms. The highest BCUT2D eigenvalue weighted by Crippen LogP contribution is 2.37. The van der Waals surface area contributed by atoms with Gasteiger partial charge in [0.15, 0.2) is 0 Å². The van der Waals surface area contributed by atoms with Crippen LogP contribution in [0.5, 0.6) is 5.75 Å². The number of carbonyl (C=O) groups excluding carboxylic acids is 1. The zero-order valence-electron chi connectivity index (χ0n) is 10.3. The van der Waals surface area contributed by atoms with Gasteiger partial charge in [0, 0.05) is 5.56 Å². The van der Waals surface area contributed by atoms with Crippen molar-refractivity contribution in [3.05, 3.63) is 47.5 Å². The van der Waals surface area contributed by atoms with Crippen molar-refractivity contribution in [2.75, 3.05) is 0 Å². The molecule has 0 aliphatic heterocycles. The van der Waals surface area contributed by atoms with E-state index in [2.05, 4.69) is 4.98 Å². The summed E-state index contributed by atoms with van der Waals surface area (Å²) in [4.78, 5) is 15.4. The lowest BCUT2D eigenvalue weighted by Crippen LogP contribution is -1.87. The van der Waals surface area contributed by atoms with Gasteiger partial charge in [-0.3, -0.25) is 4.79 Å². The molecular formula is C15H11NO2S. The molecule has 0 bridgehead atoms. The van der Waals surface area contributed by atoms with Crippen LogP contribution in [0, 0.1) is 6.92 Å². The van der Waals surface area contributed by atoms with E-state index in [0.717, 1.165) is 21.5 Å². The number of benzene rings is 2. The molecule has 0 fully saturated rings. The van der Waals surface area contributed by atoms with E-state index in [1.165, 1.54) is 11.3 Å². The van der Waals surface area contributed by atoms with E-state index >= 15 is 0 Å². The molecule has 0 aliphatic rings. The first kappa shape index (κ1) is 11.9. The van der Waals surface area contributed by atoms with Crippen LogP contribution in [0.2, 0.25) is 0 Å². The van der Waals surface area contributed by atoms with Crippen molar-refractivity contribution in [2.24, 2.45) is 0 Å². The zero-order chi connectivity index (χ0) is 13.4. The highest BCUT2D eigenvalue weighted by molar-refractivity contribution is 7.21. The monoisotopic (exact) mass is 269 g/mol. The number of aldehydes is 1. The van der Waals surface area contributed by atoms with Crippen LogP contribution in [0.4, 0.5) is 0 Å². The predicted molar refractivity (Wildman–Crippen MR) is 76.8 cm³/mol. The van der Waals surface area contributed by atoms with E-state index in [1.54, 1.807) is 19.1 Å². The van der Waals surface area contributed by atoms with Gasteiger partial charge in [0.25, 0.3) is 0 Å². The van der Waals surface area contributed by atoms with E-state index in [-0.39, 0.29) is 5.75 Å². The molecule has 4 heteroatoms. The summed E-state index contributed by atoms with van der Waals surface area (Å²) in [7, 11) is 0. The Morgan fingerprint density at radius 2 is 2.05 bits per heavy atom. The molecule has 3 aromatic rings. The second-order valence-electron chi connectivity index (χ2n) is 4.34. The number of rotatable bonds is 2. The van der Waals surface area contributed by atoms with Crippen LogP contribution in [-0.2, 0) is 0 Å². The van der Waals surface area contributed by atoms with Crippen LogP contribution < -0.4 is 0 Å². The zero-order valence-corrected chi connectivity index (χ0v) is 11.1. The molecule has 0 atom stereocenters. The Morgan fingerprint density at radius 3 is 2.79 bits per heavy atom. The molecule has 0 amide bonds. The molecule has 1 aromatic heterocycles. The summed E-state index contributed by atoms with van der Waals surface area (Å²) in [5, 5.41) is 10.9. The summed E-state index contributed by atoms with van der Waals surface area (Å²) in [6.07, 6.45) is 0.781. The van der Waals surface area contributed by atoms with Gasteiger partial charge in [-0.2, -0.15) is 0 Å². The number of nitrogens with zero attached hydrogens (tertiary/aromatic N) is 1. The van der Waals surface area contributed by atoms with Crippen molar-refractivity contribution in [3.63, 3.8) is 0 Å². The number of carbonyl (C=O) groups is 1. The Labute approximate surface area is 114 Å². The van der Waals surface area contributed by atoms with Gasteiger partial charge in [-0.1, -0.05) is 12.1 Å². The largest absolute Gasteiger partial charge is 0.507 e. The van der Waals surface area contributed by atoms with E-state index in [9.17, 15) is 9.90 Å².